The molecule has 1 amide bonds. The van der Waals surface area contributed by atoms with Crippen molar-refractivity contribution in [3.63, 3.8) is 0 Å². The molecule has 21 heavy (non-hydrogen) atoms. The van der Waals surface area contributed by atoms with Gasteiger partial charge in [0, 0.05) is 6.54 Å². The molecule has 3 N–H and O–H groups in total. The second kappa shape index (κ2) is 8.52. The van der Waals surface area contributed by atoms with Crippen molar-refractivity contribution < 1.29 is 9.53 Å². The first-order valence-corrected chi connectivity index (χ1v) is 7.72. The summed E-state index contributed by atoms with van der Waals surface area (Å²) >= 11 is 0. The molecule has 2 rings (SSSR count). The van der Waals surface area contributed by atoms with Crippen LogP contribution in [0.1, 0.15) is 25.7 Å². The molecular formula is C16H25N3O2. The first-order valence-electron chi connectivity index (χ1n) is 7.72. The fraction of sp³-hybridized carbons (Fsp3) is 0.562. The van der Waals surface area contributed by atoms with Gasteiger partial charge in [-0.05, 0) is 51.0 Å². The van der Waals surface area contributed by atoms with E-state index in [9.17, 15) is 4.79 Å². The summed E-state index contributed by atoms with van der Waals surface area (Å²) in [6.07, 6.45) is 3.99. The Balaban J connectivity index is 1.52. The van der Waals surface area contributed by atoms with Crippen LogP contribution in [-0.2, 0) is 4.79 Å². The normalized spacial score (nSPS) is 15.0. The van der Waals surface area contributed by atoms with Gasteiger partial charge in [-0.1, -0.05) is 12.1 Å². The van der Waals surface area contributed by atoms with E-state index < -0.39 is 0 Å². The quantitative estimate of drug-likeness (QED) is 0.564. The first kappa shape index (κ1) is 15.6. The van der Waals surface area contributed by atoms with Crippen LogP contribution in [0.3, 0.4) is 0 Å². The van der Waals surface area contributed by atoms with E-state index in [1.807, 2.05) is 18.2 Å². The SMILES string of the molecule is Nc1ccccc1OCCC(=O)NCCCN1CCCC1. The van der Waals surface area contributed by atoms with E-state index in [4.69, 9.17) is 10.5 Å². The highest BCUT2D eigenvalue weighted by molar-refractivity contribution is 5.75. The van der Waals surface area contributed by atoms with Crippen molar-refractivity contribution in [1.82, 2.24) is 10.2 Å². The Hall–Kier alpha value is -1.75. The molecule has 1 saturated heterocycles. The average molecular weight is 291 g/mol. The second-order valence-electron chi connectivity index (χ2n) is 5.39. The van der Waals surface area contributed by atoms with E-state index in [2.05, 4.69) is 10.2 Å². The number of hydrogen-bond donors (Lipinski definition) is 2. The summed E-state index contributed by atoms with van der Waals surface area (Å²) in [6, 6.07) is 7.32. The van der Waals surface area contributed by atoms with E-state index >= 15 is 0 Å². The van der Waals surface area contributed by atoms with Gasteiger partial charge in [-0.15, -0.1) is 0 Å². The lowest BCUT2D eigenvalue weighted by molar-refractivity contribution is -0.121. The molecule has 0 bridgehead atoms. The van der Waals surface area contributed by atoms with Crippen molar-refractivity contribution in [2.24, 2.45) is 0 Å². The Labute approximate surface area is 126 Å². The maximum absolute atomic E-state index is 11.7. The van der Waals surface area contributed by atoms with E-state index in [1.54, 1.807) is 6.07 Å². The number of nitrogens with one attached hydrogen (secondary N) is 1. The molecule has 1 heterocycles. The van der Waals surface area contributed by atoms with Crippen LogP contribution in [-0.4, -0.2) is 43.6 Å². The van der Waals surface area contributed by atoms with Crippen LogP contribution in [0.2, 0.25) is 0 Å². The van der Waals surface area contributed by atoms with Gasteiger partial charge in [-0.25, -0.2) is 0 Å². The lowest BCUT2D eigenvalue weighted by Crippen LogP contribution is -2.29. The Morgan fingerprint density at radius 3 is 2.81 bits per heavy atom. The number of benzene rings is 1. The van der Waals surface area contributed by atoms with Gasteiger partial charge >= 0.3 is 0 Å². The number of para-hydroxylation sites is 2. The summed E-state index contributed by atoms with van der Waals surface area (Å²) in [5.74, 6) is 0.672. The average Bonchev–Trinajstić information content (AvgIpc) is 2.99. The monoisotopic (exact) mass is 291 g/mol. The van der Waals surface area contributed by atoms with E-state index in [1.165, 1.54) is 25.9 Å². The third-order valence-corrected chi connectivity index (χ3v) is 3.68. The number of likely N-dealkylation sites (tertiary alicyclic amines) is 1. The number of nitrogens with two attached hydrogens (primary N) is 1. The Kier molecular flexibility index (Phi) is 6.34. The van der Waals surface area contributed by atoms with Crippen LogP contribution in [0.15, 0.2) is 24.3 Å². The van der Waals surface area contributed by atoms with Crippen LogP contribution in [0.5, 0.6) is 5.75 Å². The minimum absolute atomic E-state index is 0.0333. The Morgan fingerprint density at radius 1 is 1.29 bits per heavy atom. The van der Waals surface area contributed by atoms with Crippen molar-refractivity contribution in [1.29, 1.82) is 0 Å². The van der Waals surface area contributed by atoms with Crippen LogP contribution in [0.4, 0.5) is 5.69 Å². The summed E-state index contributed by atoms with van der Waals surface area (Å²) in [7, 11) is 0. The Morgan fingerprint density at radius 2 is 2.05 bits per heavy atom. The Bertz CT molecular complexity index is 445. The van der Waals surface area contributed by atoms with E-state index in [0.717, 1.165) is 19.5 Å². The van der Waals surface area contributed by atoms with E-state index in [-0.39, 0.29) is 5.91 Å². The van der Waals surface area contributed by atoms with Crippen molar-refractivity contribution >= 4 is 11.6 Å². The highest BCUT2D eigenvalue weighted by atomic mass is 16.5. The molecule has 1 aliphatic heterocycles. The van der Waals surface area contributed by atoms with Gasteiger partial charge < -0.3 is 20.7 Å². The van der Waals surface area contributed by atoms with Crippen LogP contribution in [0.25, 0.3) is 0 Å². The molecule has 1 fully saturated rings. The van der Waals surface area contributed by atoms with Gasteiger partial charge in [0.05, 0.1) is 18.7 Å². The number of nitrogens with zero attached hydrogens (tertiary/aromatic N) is 1. The third kappa shape index (κ3) is 5.63. The molecule has 0 atom stereocenters. The topological polar surface area (TPSA) is 67.6 Å². The summed E-state index contributed by atoms with van der Waals surface area (Å²) in [5.41, 5.74) is 6.37. The molecule has 1 aliphatic rings. The zero-order valence-corrected chi connectivity index (χ0v) is 12.5. The summed E-state index contributed by atoms with van der Waals surface area (Å²) < 4.78 is 5.50. The molecule has 1 aromatic rings. The van der Waals surface area contributed by atoms with Crippen molar-refractivity contribution in [2.75, 3.05) is 38.5 Å². The molecule has 0 aromatic heterocycles. The predicted octanol–water partition coefficient (Wildman–Crippen LogP) is 1.64. The molecule has 5 heteroatoms. The number of hydrogen-bond acceptors (Lipinski definition) is 4. The van der Waals surface area contributed by atoms with Crippen molar-refractivity contribution in [3.8, 4) is 5.75 Å². The molecule has 0 unspecified atom stereocenters. The molecule has 0 aliphatic carbocycles. The molecule has 1 aromatic carbocycles. The fourth-order valence-corrected chi connectivity index (χ4v) is 2.49. The van der Waals surface area contributed by atoms with Crippen molar-refractivity contribution in [3.05, 3.63) is 24.3 Å². The van der Waals surface area contributed by atoms with Gasteiger partial charge in [0.15, 0.2) is 0 Å². The lowest BCUT2D eigenvalue weighted by Gasteiger charge is -2.14. The molecule has 116 valence electrons. The lowest BCUT2D eigenvalue weighted by atomic mass is 10.3. The number of carbonyl (C=O) groups is 1. The number of anilines is 1. The molecule has 5 nitrogen and oxygen atoms in total. The standard InChI is InChI=1S/C16H25N3O2/c17-14-6-1-2-7-15(14)21-13-8-16(20)18-9-5-12-19-10-3-4-11-19/h1-2,6-7H,3-5,8-13,17H2,(H,18,20). The van der Waals surface area contributed by atoms with Gasteiger partial charge in [0.2, 0.25) is 5.91 Å². The predicted molar refractivity (Wildman–Crippen MR) is 84.3 cm³/mol. The molecule has 0 spiro atoms. The first-order chi connectivity index (χ1) is 10.3. The fourth-order valence-electron chi connectivity index (χ4n) is 2.49. The minimum atomic E-state index is 0.0333. The maximum Gasteiger partial charge on any atom is 0.223 e. The van der Waals surface area contributed by atoms with Gasteiger partial charge in [-0.3, -0.25) is 4.79 Å². The van der Waals surface area contributed by atoms with Crippen LogP contribution in [0, 0.1) is 0 Å². The highest BCUT2D eigenvalue weighted by Gasteiger charge is 2.10. The minimum Gasteiger partial charge on any atom is -0.491 e. The zero-order valence-electron chi connectivity index (χ0n) is 12.5. The summed E-state index contributed by atoms with van der Waals surface area (Å²) in [4.78, 5) is 14.1. The molecular weight excluding hydrogens is 266 g/mol. The third-order valence-electron chi connectivity index (χ3n) is 3.68. The summed E-state index contributed by atoms with van der Waals surface area (Å²) in [5, 5.41) is 2.93. The number of ether oxygens (including phenoxy) is 1. The number of carbonyl (C=O) groups excluding carboxylic acids is 1. The molecule has 0 saturated carbocycles. The second-order valence-corrected chi connectivity index (χ2v) is 5.39. The maximum atomic E-state index is 11.7. The zero-order chi connectivity index (χ0) is 14.9. The van der Waals surface area contributed by atoms with Gasteiger partial charge in [-0.2, -0.15) is 0 Å². The number of nitrogen functional groups attached to an aromatic ring is 1. The largest absolute Gasteiger partial charge is 0.491 e. The van der Waals surface area contributed by atoms with Gasteiger partial charge in [0.1, 0.15) is 5.75 Å². The van der Waals surface area contributed by atoms with Crippen LogP contribution < -0.4 is 15.8 Å². The van der Waals surface area contributed by atoms with E-state index in [0.29, 0.717) is 24.5 Å². The van der Waals surface area contributed by atoms with Crippen molar-refractivity contribution in [2.45, 2.75) is 25.7 Å². The van der Waals surface area contributed by atoms with Crippen LogP contribution >= 0.6 is 0 Å². The number of rotatable bonds is 8. The molecule has 0 radical (unpaired) electrons. The highest BCUT2D eigenvalue weighted by Crippen LogP contribution is 2.19. The smallest absolute Gasteiger partial charge is 0.223 e. The number of amides is 1. The van der Waals surface area contributed by atoms with Gasteiger partial charge in [0.25, 0.3) is 0 Å². The summed E-state index contributed by atoms with van der Waals surface area (Å²) in [6.45, 7) is 4.59.